The van der Waals surface area contributed by atoms with E-state index in [9.17, 15) is 18.0 Å². The Bertz CT molecular complexity index is 870. The van der Waals surface area contributed by atoms with E-state index in [1.54, 1.807) is 14.0 Å². The van der Waals surface area contributed by atoms with Crippen molar-refractivity contribution in [2.45, 2.75) is 22.1 Å². The van der Waals surface area contributed by atoms with Crippen molar-refractivity contribution in [3.63, 3.8) is 0 Å². The summed E-state index contributed by atoms with van der Waals surface area (Å²) in [6.45, 7) is 1.63. The summed E-state index contributed by atoms with van der Waals surface area (Å²) in [6, 6.07) is 5.45. The second-order valence-corrected chi connectivity index (χ2v) is 7.55. The Hall–Kier alpha value is -2.11. The number of aromatic nitrogens is 2. The number of rotatable bonds is 5. The molecule has 1 aromatic heterocycles. The molecule has 124 valence electrons. The maximum Gasteiger partial charge on any atom is 0.441 e. The highest BCUT2D eigenvalue weighted by atomic mass is 32.2. The lowest BCUT2D eigenvalue weighted by molar-refractivity contribution is -0.772. The molecular formula is C12H15N4O5S2+. The first-order valence-electron chi connectivity index (χ1n) is 6.36. The summed E-state index contributed by atoms with van der Waals surface area (Å²) in [5.41, 5.74) is -0.144. The van der Waals surface area contributed by atoms with Crippen LogP contribution in [0.15, 0.2) is 43.5 Å². The highest BCUT2D eigenvalue weighted by molar-refractivity contribution is 8.00. The van der Waals surface area contributed by atoms with Crippen LogP contribution >= 0.6 is 11.8 Å². The molecule has 1 aromatic carbocycles. The molecule has 9 nitrogen and oxygen atoms in total. The normalized spacial score (nSPS) is 12.8. The number of benzene rings is 1. The van der Waals surface area contributed by atoms with Crippen molar-refractivity contribution in [2.24, 2.45) is 12.2 Å². The summed E-state index contributed by atoms with van der Waals surface area (Å²) in [4.78, 5) is 23.5. The van der Waals surface area contributed by atoms with Crippen molar-refractivity contribution < 1.29 is 22.4 Å². The summed E-state index contributed by atoms with van der Waals surface area (Å²) in [5, 5.41) is 9.67. The number of carbonyl (C=O) groups is 1. The molecule has 0 aliphatic rings. The number of primary sulfonamides is 1. The summed E-state index contributed by atoms with van der Waals surface area (Å²) < 4.78 is 28.3. The number of nitrogens with one attached hydrogen (secondary N) is 2. The van der Waals surface area contributed by atoms with Crippen LogP contribution in [0.4, 0.5) is 5.69 Å². The minimum Gasteiger partial charge on any atom is -0.325 e. The monoisotopic (exact) mass is 359 g/mol. The highest BCUT2D eigenvalue weighted by Crippen LogP contribution is 2.19. The van der Waals surface area contributed by atoms with E-state index in [0.29, 0.717) is 5.69 Å². The molecule has 2 aromatic rings. The van der Waals surface area contributed by atoms with E-state index in [-0.39, 0.29) is 15.8 Å². The molecule has 1 amide bonds. The molecule has 1 atom stereocenters. The fourth-order valence-electron chi connectivity index (χ4n) is 1.65. The molecule has 0 saturated carbocycles. The Morgan fingerprint density at radius 3 is 2.48 bits per heavy atom. The van der Waals surface area contributed by atoms with Crippen LogP contribution in [-0.2, 0) is 21.9 Å². The maximum absolute atomic E-state index is 12.1. The summed E-state index contributed by atoms with van der Waals surface area (Å²) >= 11 is 1.04. The molecule has 1 heterocycles. The Kier molecular flexibility index (Phi) is 4.92. The van der Waals surface area contributed by atoms with Crippen LogP contribution in [0.5, 0.6) is 0 Å². The van der Waals surface area contributed by atoms with E-state index in [4.69, 9.17) is 5.14 Å². The maximum atomic E-state index is 12.1. The number of anilines is 1. The van der Waals surface area contributed by atoms with Crippen molar-refractivity contribution in [1.29, 1.82) is 0 Å². The van der Waals surface area contributed by atoms with Crippen molar-refractivity contribution >= 4 is 33.4 Å². The zero-order chi connectivity index (χ0) is 17.2. The second-order valence-electron chi connectivity index (χ2n) is 4.66. The van der Waals surface area contributed by atoms with E-state index in [1.165, 1.54) is 28.9 Å². The van der Waals surface area contributed by atoms with Crippen LogP contribution in [-0.4, -0.2) is 24.8 Å². The van der Waals surface area contributed by atoms with Gasteiger partial charge in [0.25, 0.3) is 0 Å². The van der Waals surface area contributed by atoms with E-state index >= 15 is 0 Å². The third kappa shape index (κ3) is 4.21. The van der Waals surface area contributed by atoms with Crippen LogP contribution < -0.4 is 20.8 Å². The number of aromatic amines is 1. The average Bonchev–Trinajstić information content (AvgIpc) is 2.78. The van der Waals surface area contributed by atoms with E-state index in [0.717, 1.165) is 11.8 Å². The van der Waals surface area contributed by atoms with E-state index in [2.05, 4.69) is 15.1 Å². The van der Waals surface area contributed by atoms with E-state index in [1.807, 2.05) is 0 Å². The molecule has 0 bridgehead atoms. The van der Waals surface area contributed by atoms with Crippen molar-refractivity contribution in [2.75, 3.05) is 5.32 Å². The number of hydrogen-bond donors (Lipinski definition) is 3. The molecule has 0 radical (unpaired) electrons. The van der Waals surface area contributed by atoms with Gasteiger partial charge in [0.05, 0.1) is 10.1 Å². The highest BCUT2D eigenvalue weighted by Gasteiger charge is 2.25. The quantitative estimate of drug-likeness (QED) is 0.488. The molecular weight excluding hydrogens is 344 g/mol. The minimum atomic E-state index is -3.78. The first kappa shape index (κ1) is 17.2. The lowest BCUT2D eigenvalue weighted by Gasteiger charge is -2.09. The molecule has 2 rings (SSSR count). The molecule has 11 heteroatoms. The number of nitrogens with zero attached hydrogens (tertiary/aromatic N) is 1. The first-order valence-corrected chi connectivity index (χ1v) is 8.79. The van der Waals surface area contributed by atoms with Crippen LogP contribution in [0.3, 0.4) is 0 Å². The predicted molar refractivity (Wildman–Crippen MR) is 82.3 cm³/mol. The van der Waals surface area contributed by atoms with Crippen LogP contribution in [0, 0.1) is 0 Å². The molecule has 1 unspecified atom stereocenters. The van der Waals surface area contributed by atoms with Gasteiger partial charge in [0.15, 0.2) is 7.05 Å². The Morgan fingerprint density at radius 2 is 2.00 bits per heavy atom. The van der Waals surface area contributed by atoms with Crippen LogP contribution in [0.25, 0.3) is 0 Å². The standard InChI is InChI=1S/C12H14N4O5S2/c1-7(22-11-12(18)21-15-16(11)2)10(17)14-8-3-5-9(6-4-8)23(13,19)20/h3-7H,1-2H3,(H3-,13,14,15,17,18,19,20)/p+1. The van der Waals surface area contributed by atoms with Crippen molar-refractivity contribution in [1.82, 2.24) is 5.27 Å². The Balaban J connectivity index is 2.05. The molecule has 0 fully saturated rings. The molecule has 0 aliphatic heterocycles. The molecule has 0 aliphatic carbocycles. The van der Waals surface area contributed by atoms with Gasteiger partial charge in [-0.2, -0.15) is 0 Å². The fraction of sp³-hybridized carbons (Fsp3) is 0.250. The summed E-state index contributed by atoms with van der Waals surface area (Å²) in [6.07, 6.45) is 0. The molecule has 0 saturated heterocycles. The third-order valence-electron chi connectivity index (χ3n) is 2.86. The minimum absolute atomic E-state index is 0.0464. The summed E-state index contributed by atoms with van der Waals surface area (Å²) in [7, 11) is -2.19. The van der Waals surface area contributed by atoms with Crippen LogP contribution in [0.1, 0.15) is 6.92 Å². The van der Waals surface area contributed by atoms with Gasteiger partial charge in [-0.3, -0.25) is 9.32 Å². The van der Waals surface area contributed by atoms with Gasteiger partial charge in [-0.25, -0.2) is 18.4 Å². The van der Waals surface area contributed by atoms with Crippen molar-refractivity contribution in [3.8, 4) is 0 Å². The Morgan fingerprint density at radius 1 is 1.39 bits per heavy atom. The Labute approximate surface area is 135 Å². The smallest absolute Gasteiger partial charge is 0.325 e. The largest absolute Gasteiger partial charge is 0.441 e. The van der Waals surface area contributed by atoms with Gasteiger partial charge >= 0.3 is 10.7 Å². The third-order valence-corrected chi connectivity index (χ3v) is 5.02. The fourth-order valence-corrected chi connectivity index (χ4v) is 3.00. The van der Waals surface area contributed by atoms with Gasteiger partial charge in [0.1, 0.15) is 0 Å². The number of nitrogens with two attached hydrogens (primary N) is 1. The lowest BCUT2D eigenvalue weighted by Crippen LogP contribution is -2.35. The predicted octanol–water partition coefficient (Wildman–Crippen LogP) is -0.441. The number of amides is 1. The SMILES string of the molecule is CC(Sc1c(=O)o[nH][n+]1C)C(=O)Nc1ccc(S(N)(=O)=O)cc1. The zero-order valence-electron chi connectivity index (χ0n) is 12.3. The number of hydrogen-bond acceptors (Lipinski definition) is 6. The average molecular weight is 359 g/mol. The zero-order valence-corrected chi connectivity index (χ0v) is 13.9. The van der Waals surface area contributed by atoms with Gasteiger partial charge in [0, 0.05) is 5.69 Å². The molecule has 4 N–H and O–H groups in total. The van der Waals surface area contributed by atoms with Gasteiger partial charge in [-0.15, -0.1) is 0 Å². The topological polar surface area (TPSA) is 139 Å². The van der Waals surface area contributed by atoms with Gasteiger partial charge in [-0.1, -0.05) is 4.68 Å². The number of thioether (sulfide) groups is 1. The number of aryl methyl sites for hydroxylation is 1. The van der Waals surface area contributed by atoms with Gasteiger partial charge in [0.2, 0.25) is 15.9 Å². The number of H-pyrrole nitrogens is 1. The van der Waals surface area contributed by atoms with Gasteiger partial charge < -0.3 is 5.32 Å². The van der Waals surface area contributed by atoms with Crippen molar-refractivity contribution in [3.05, 3.63) is 34.7 Å². The van der Waals surface area contributed by atoms with Crippen LogP contribution in [0.2, 0.25) is 0 Å². The molecule has 0 spiro atoms. The van der Waals surface area contributed by atoms with E-state index < -0.39 is 20.9 Å². The summed E-state index contributed by atoms with van der Waals surface area (Å²) in [5.74, 6) is -0.348. The van der Waals surface area contributed by atoms with Gasteiger partial charge in [-0.05, 0) is 48.2 Å². The lowest BCUT2D eigenvalue weighted by atomic mass is 10.3. The second kappa shape index (κ2) is 6.56. The number of carbonyl (C=O) groups excluding carboxylic acids is 1. The molecule has 23 heavy (non-hydrogen) atoms. The first-order chi connectivity index (χ1) is 10.7. The number of sulfonamides is 1.